The Morgan fingerprint density at radius 1 is 0.941 bits per heavy atom. The number of rotatable bonds is 1. The zero-order chi connectivity index (χ0) is 11.7. The molecule has 1 atom stereocenters. The van der Waals surface area contributed by atoms with Gasteiger partial charge in [0, 0.05) is 6.54 Å². The van der Waals surface area contributed by atoms with Crippen LogP contribution in [0.3, 0.4) is 0 Å². The highest BCUT2D eigenvalue weighted by Crippen LogP contribution is 2.29. The monoisotopic (exact) mass is 223 g/mol. The summed E-state index contributed by atoms with van der Waals surface area (Å²) in [5, 5.41) is 3.63. The highest BCUT2D eigenvalue weighted by Gasteiger charge is 2.21. The Kier molecular flexibility index (Phi) is 2.69. The molecule has 0 aliphatic carbocycles. The van der Waals surface area contributed by atoms with Gasteiger partial charge in [0.25, 0.3) is 0 Å². The number of hydrogen-bond donors (Lipinski definition) is 1. The van der Waals surface area contributed by atoms with E-state index in [1.165, 1.54) is 22.3 Å². The molecule has 3 rings (SSSR count). The summed E-state index contributed by atoms with van der Waals surface area (Å²) in [5.41, 5.74) is 5.69. The zero-order valence-corrected chi connectivity index (χ0v) is 10.1. The highest BCUT2D eigenvalue weighted by atomic mass is 14.9. The Morgan fingerprint density at radius 3 is 2.47 bits per heavy atom. The molecule has 0 aromatic heterocycles. The van der Waals surface area contributed by atoms with Gasteiger partial charge < -0.3 is 5.32 Å². The largest absolute Gasteiger partial charge is 0.306 e. The lowest BCUT2D eigenvalue weighted by molar-refractivity contribution is 0.566. The molecule has 0 fully saturated rings. The molecule has 0 unspecified atom stereocenters. The van der Waals surface area contributed by atoms with Gasteiger partial charge in [0.05, 0.1) is 6.04 Å². The maximum absolute atomic E-state index is 3.63. The van der Waals surface area contributed by atoms with Crippen LogP contribution >= 0.6 is 0 Å². The molecule has 0 radical (unpaired) electrons. The van der Waals surface area contributed by atoms with Crippen molar-refractivity contribution in [1.82, 2.24) is 5.32 Å². The first-order valence-corrected chi connectivity index (χ1v) is 6.23. The van der Waals surface area contributed by atoms with Gasteiger partial charge >= 0.3 is 0 Å². The van der Waals surface area contributed by atoms with Gasteiger partial charge in [-0.05, 0) is 35.6 Å². The van der Waals surface area contributed by atoms with E-state index in [0.717, 1.165) is 13.0 Å². The van der Waals surface area contributed by atoms with E-state index in [0.29, 0.717) is 6.04 Å². The number of fused-ring (bicyclic) bond motifs is 1. The lowest BCUT2D eigenvalue weighted by Gasteiger charge is -2.28. The van der Waals surface area contributed by atoms with Crippen molar-refractivity contribution in [3.63, 3.8) is 0 Å². The van der Waals surface area contributed by atoms with E-state index in [4.69, 9.17) is 0 Å². The molecule has 1 nitrogen and oxygen atoms in total. The quantitative estimate of drug-likeness (QED) is 0.782. The summed E-state index contributed by atoms with van der Waals surface area (Å²) >= 11 is 0. The number of nitrogens with one attached hydrogen (secondary N) is 1. The van der Waals surface area contributed by atoms with Crippen LogP contribution in [0.15, 0.2) is 48.5 Å². The summed E-state index contributed by atoms with van der Waals surface area (Å²) in [5.74, 6) is 0. The van der Waals surface area contributed by atoms with E-state index in [1.54, 1.807) is 0 Å². The third-order valence-corrected chi connectivity index (χ3v) is 3.61. The molecule has 2 aromatic rings. The van der Waals surface area contributed by atoms with Crippen molar-refractivity contribution in [2.75, 3.05) is 6.54 Å². The lowest BCUT2D eigenvalue weighted by atomic mass is 9.88. The predicted octanol–water partition coefficient (Wildman–Crippen LogP) is 3.23. The van der Waals surface area contributed by atoms with E-state index in [1.807, 2.05) is 0 Å². The van der Waals surface area contributed by atoms with E-state index < -0.39 is 0 Å². The molecule has 0 amide bonds. The Balaban J connectivity index is 2.09. The molecular formula is C16H17N. The number of benzene rings is 2. The third kappa shape index (κ3) is 1.87. The first-order chi connectivity index (χ1) is 8.36. The molecule has 2 aromatic carbocycles. The van der Waals surface area contributed by atoms with Crippen LogP contribution in [0.5, 0.6) is 0 Å². The van der Waals surface area contributed by atoms with Crippen molar-refractivity contribution in [3.05, 3.63) is 70.8 Å². The van der Waals surface area contributed by atoms with Gasteiger partial charge in [-0.25, -0.2) is 0 Å². The van der Waals surface area contributed by atoms with Crippen molar-refractivity contribution in [2.45, 2.75) is 19.4 Å². The van der Waals surface area contributed by atoms with Crippen molar-refractivity contribution >= 4 is 0 Å². The van der Waals surface area contributed by atoms with Crippen LogP contribution in [0.1, 0.15) is 28.3 Å². The first-order valence-electron chi connectivity index (χ1n) is 6.23. The van der Waals surface area contributed by atoms with Crippen molar-refractivity contribution in [3.8, 4) is 0 Å². The molecule has 17 heavy (non-hydrogen) atoms. The molecule has 1 heteroatoms. The minimum atomic E-state index is 0.362. The molecule has 86 valence electrons. The summed E-state index contributed by atoms with van der Waals surface area (Å²) in [6.45, 7) is 3.25. The van der Waals surface area contributed by atoms with Gasteiger partial charge in [-0.15, -0.1) is 0 Å². The number of hydrogen-bond acceptors (Lipinski definition) is 1. The molecular weight excluding hydrogens is 206 g/mol. The molecule has 1 N–H and O–H groups in total. The zero-order valence-electron chi connectivity index (χ0n) is 10.1. The summed E-state index contributed by atoms with van der Waals surface area (Å²) in [4.78, 5) is 0. The standard InChI is InChI=1S/C16H17N/c1-12-6-2-4-8-14(12)16-15-9-5-3-7-13(15)10-11-17-16/h2-9,16-17H,10-11H2,1H3/t16-/m1/s1. The molecule has 1 aliphatic heterocycles. The lowest BCUT2D eigenvalue weighted by Crippen LogP contribution is -2.30. The van der Waals surface area contributed by atoms with E-state index in [9.17, 15) is 0 Å². The fourth-order valence-corrected chi connectivity index (χ4v) is 2.69. The second kappa shape index (κ2) is 4.34. The summed E-state index contributed by atoms with van der Waals surface area (Å²) in [6, 6.07) is 17.8. The van der Waals surface area contributed by atoms with Crippen molar-refractivity contribution in [2.24, 2.45) is 0 Å². The van der Waals surface area contributed by atoms with Crippen LogP contribution < -0.4 is 5.32 Å². The normalized spacial score (nSPS) is 18.8. The molecule has 0 bridgehead atoms. The fourth-order valence-electron chi connectivity index (χ4n) is 2.69. The Bertz CT molecular complexity index is 531. The SMILES string of the molecule is Cc1ccccc1[C@H]1NCCc2ccccc21. The van der Waals surface area contributed by atoms with Gasteiger partial charge in [0.15, 0.2) is 0 Å². The summed E-state index contributed by atoms with van der Waals surface area (Å²) in [6.07, 6.45) is 1.14. The van der Waals surface area contributed by atoms with Gasteiger partial charge in [-0.1, -0.05) is 48.5 Å². The summed E-state index contributed by atoms with van der Waals surface area (Å²) in [7, 11) is 0. The van der Waals surface area contributed by atoms with Crippen LogP contribution in [-0.4, -0.2) is 6.54 Å². The van der Waals surface area contributed by atoms with E-state index in [-0.39, 0.29) is 0 Å². The minimum absolute atomic E-state index is 0.362. The van der Waals surface area contributed by atoms with Crippen molar-refractivity contribution in [1.29, 1.82) is 0 Å². The Morgan fingerprint density at radius 2 is 1.65 bits per heavy atom. The molecule has 0 saturated heterocycles. The van der Waals surface area contributed by atoms with Crippen LogP contribution in [0.25, 0.3) is 0 Å². The maximum atomic E-state index is 3.63. The molecule has 0 spiro atoms. The third-order valence-electron chi connectivity index (χ3n) is 3.61. The average molecular weight is 223 g/mol. The van der Waals surface area contributed by atoms with Gasteiger partial charge in [0.1, 0.15) is 0 Å². The molecule has 1 aliphatic rings. The van der Waals surface area contributed by atoms with E-state index >= 15 is 0 Å². The van der Waals surface area contributed by atoms with Gasteiger partial charge in [0.2, 0.25) is 0 Å². The minimum Gasteiger partial charge on any atom is -0.306 e. The Labute approximate surface area is 102 Å². The fraction of sp³-hybridized carbons (Fsp3) is 0.250. The maximum Gasteiger partial charge on any atom is 0.0582 e. The smallest absolute Gasteiger partial charge is 0.0582 e. The molecule has 1 heterocycles. The van der Waals surface area contributed by atoms with Crippen LogP contribution in [-0.2, 0) is 6.42 Å². The van der Waals surface area contributed by atoms with Crippen LogP contribution in [0.4, 0.5) is 0 Å². The van der Waals surface area contributed by atoms with Crippen LogP contribution in [0.2, 0.25) is 0 Å². The second-order valence-corrected chi connectivity index (χ2v) is 4.69. The van der Waals surface area contributed by atoms with Gasteiger partial charge in [-0.2, -0.15) is 0 Å². The highest BCUT2D eigenvalue weighted by molar-refractivity contribution is 5.42. The topological polar surface area (TPSA) is 12.0 Å². The summed E-state index contributed by atoms with van der Waals surface area (Å²) < 4.78 is 0. The predicted molar refractivity (Wildman–Crippen MR) is 71.2 cm³/mol. The van der Waals surface area contributed by atoms with Gasteiger partial charge in [-0.3, -0.25) is 0 Å². The molecule has 0 saturated carbocycles. The Hall–Kier alpha value is -1.60. The van der Waals surface area contributed by atoms with Crippen LogP contribution in [0, 0.1) is 6.92 Å². The number of aryl methyl sites for hydroxylation is 1. The van der Waals surface area contributed by atoms with Crippen molar-refractivity contribution < 1.29 is 0 Å². The second-order valence-electron chi connectivity index (χ2n) is 4.69. The van der Waals surface area contributed by atoms with E-state index in [2.05, 4.69) is 60.8 Å². The first kappa shape index (κ1) is 10.5. The average Bonchev–Trinajstić information content (AvgIpc) is 2.39.